The highest BCUT2D eigenvalue weighted by Gasteiger charge is 2.19. The third-order valence-electron chi connectivity index (χ3n) is 3.86. The fourth-order valence-electron chi connectivity index (χ4n) is 2.58. The van der Waals surface area contributed by atoms with E-state index in [9.17, 15) is 0 Å². The maximum atomic E-state index is 3.56. The van der Waals surface area contributed by atoms with Crippen molar-refractivity contribution in [3.05, 3.63) is 29.3 Å². The summed E-state index contributed by atoms with van der Waals surface area (Å²) < 4.78 is 0. The monoisotopic (exact) mass is 230 g/mol. The van der Waals surface area contributed by atoms with Crippen molar-refractivity contribution >= 4 is 5.69 Å². The largest absolute Gasteiger partial charge is 0.385 e. The number of nitrogens with one attached hydrogen (secondary N) is 2. The van der Waals surface area contributed by atoms with Crippen LogP contribution >= 0.6 is 0 Å². The van der Waals surface area contributed by atoms with Gasteiger partial charge in [-0.3, -0.25) is 0 Å². The summed E-state index contributed by atoms with van der Waals surface area (Å²) in [7, 11) is 0. The molecule has 3 rings (SSSR count). The molecule has 92 valence electrons. The van der Waals surface area contributed by atoms with Crippen LogP contribution < -0.4 is 10.6 Å². The van der Waals surface area contributed by atoms with Gasteiger partial charge in [-0.05, 0) is 48.9 Å². The zero-order valence-corrected chi connectivity index (χ0v) is 10.5. The minimum atomic E-state index is 1.03. The molecule has 2 heteroatoms. The van der Waals surface area contributed by atoms with Crippen LogP contribution in [0.5, 0.6) is 0 Å². The van der Waals surface area contributed by atoms with Crippen molar-refractivity contribution in [2.45, 2.75) is 38.6 Å². The van der Waals surface area contributed by atoms with Crippen LogP contribution in [0.15, 0.2) is 18.2 Å². The van der Waals surface area contributed by atoms with E-state index >= 15 is 0 Å². The first kappa shape index (κ1) is 11.1. The van der Waals surface area contributed by atoms with Crippen LogP contribution in [0.3, 0.4) is 0 Å². The van der Waals surface area contributed by atoms with Crippen LogP contribution in [0.2, 0.25) is 0 Å². The molecule has 1 aliphatic heterocycles. The second-order valence-corrected chi connectivity index (χ2v) is 5.43. The molecular weight excluding hydrogens is 208 g/mol. The Morgan fingerprint density at radius 1 is 1.29 bits per heavy atom. The maximum absolute atomic E-state index is 3.56. The fourth-order valence-corrected chi connectivity index (χ4v) is 2.58. The van der Waals surface area contributed by atoms with Crippen molar-refractivity contribution in [2.75, 3.05) is 18.4 Å². The van der Waals surface area contributed by atoms with Gasteiger partial charge in [0.25, 0.3) is 0 Å². The normalized spacial score (nSPS) is 18.6. The molecule has 0 radical (unpaired) electrons. The summed E-state index contributed by atoms with van der Waals surface area (Å²) in [5, 5.41) is 7.02. The van der Waals surface area contributed by atoms with Crippen molar-refractivity contribution in [2.24, 2.45) is 5.92 Å². The third kappa shape index (κ3) is 3.01. The van der Waals surface area contributed by atoms with Gasteiger partial charge >= 0.3 is 0 Å². The molecule has 1 fully saturated rings. The van der Waals surface area contributed by atoms with E-state index in [1.807, 2.05) is 0 Å². The van der Waals surface area contributed by atoms with Crippen LogP contribution in [0.25, 0.3) is 0 Å². The molecule has 17 heavy (non-hydrogen) atoms. The van der Waals surface area contributed by atoms with Gasteiger partial charge in [-0.2, -0.15) is 0 Å². The molecule has 0 amide bonds. The van der Waals surface area contributed by atoms with Gasteiger partial charge in [0.05, 0.1) is 0 Å². The predicted molar refractivity (Wildman–Crippen MR) is 72.3 cm³/mol. The van der Waals surface area contributed by atoms with E-state index in [2.05, 4.69) is 28.8 Å². The first-order valence-corrected chi connectivity index (χ1v) is 6.98. The summed E-state index contributed by atoms with van der Waals surface area (Å²) in [5.41, 5.74) is 4.28. The zero-order chi connectivity index (χ0) is 11.5. The summed E-state index contributed by atoms with van der Waals surface area (Å²) in [6, 6.07) is 6.86. The van der Waals surface area contributed by atoms with Gasteiger partial charge < -0.3 is 10.6 Å². The second-order valence-electron chi connectivity index (χ2n) is 5.43. The van der Waals surface area contributed by atoms with E-state index in [4.69, 9.17) is 0 Å². The van der Waals surface area contributed by atoms with Crippen LogP contribution in [0.4, 0.5) is 5.69 Å². The number of hydrogen-bond donors (Lipinski definition) is 2. The summed E-state index contributed by atoms with van der Waals surface area (Å²) in [6.07, 6.45) is 6.80. The molecule has 0 aromatic heterocycles. The lowest BCUT2D eigenvalue weighted by Gasteiger charge is -2.18. The zero-order valence-electron chi connectivity index (χ0n) is 10.5. The highest BCUT2D eigenvalue weighted by atomic mass is 14.9. The molecule has 0 saturated heterocycles. The average molecular weight is 230 g/mol. The molecule has 1 aliphatic carbocycles. The number of fused-ring (bicyclic) bond motifs is 1. The number of benzene rings is 1. The van der Waals surface area contributed by atoms with E-state index in [1.54, 1.807) is 0 Å². The molecule has 2 aliphatic rings. The molecule has 2 nitrogen and oxygen atoms in total. The lowest BCUT2D eigenvalue weighted by atomic mass is 10.0. The Kier molecular flexibility index (Phi) is 3.32. The lowest BCUT2D eigenvalue weighted by molar-refractivity contribution is 0.612. The first-order valence-electron chi connectivity index (χ1n) is 6.98. The topological polar surface area (TPSA) is 24.1 Å². The summed E-state index contributed by atoms with van der Waals surface area (Å²) in [6.45, 7) is 3.34. The van der Waals surface area contributed by atoms with E-state index in [-0.39, 0.29) is 0 Å². The highest BCUT2D eigenvalue weighted by Crippen LogP contribution is 2.31. The molecule has 0 spiro atoms. The highest BCUT2D eigenvalue weighted by molar-refractivity contribution is 5.54. The number of anilines is 1. The van der Waals surface area contributed by atoms with Crippen molar-refractivity contribution < 1.29 is 0 Å². The van der Waals surface area contributed by atoms with Gasteiger partial charge in [-0.25, -0.2) is 0 Å². The lowest BCUT2D eigenvalue weighted by Crippen LogP contribution is -2.16. The van der Waals surface area contributed by atoms with Gasteiger partial charge in [-0.1, -0.05) is 25.0 Å². The van der Waals surface area contributed by atoms with Gasteiger partial charge in [0.1, 0.15) is 0 Å². The average Bonchev–Trinajstić information content (AvgIpc) is 3.18. The minimum Gasteiger partial charge on any atom is -0.385 e. The fraction of sp³-hybridized carbons (Fsp3) is 0.600. The van der Waals surface area contributed by atoms with E-state index in [0.717, 1.165) is 19.0 Å². The molecule has 0 bridgehead atoms. The van der Waals surface area contributed by atoms with Gasteiger partial charge in [0, 0.05) is 18.8 Å². The van der Waals surface area contributed by atoms with E-state index in [0.29, 0.717) is 0 Å². The van der Waals surface area contributed by atoms with Crippen molar-refractivity contribution in [3.8, 4) is 0 Å². The van der Waals surface area contributed by atoms with E-state index in [1.165, 1.54) is 55.5 Å². The van der Waals surface area contributed by atoms with Crippen molar-refractivity contribution in [1.82, 2.24) is 5.32 Å². The van der Waals surface area contributed by atoms with Gasteiger partial charge in [0.15, 0.2) is 0 Å². The molecule has 1 saturated carbocycles. The van der Waals surface area contributed by atoms with E-state index < -0.39 is 0 Å². The second kappa shape index (κ2) is 5.09. The Bertz CT molecular complexity index is 383. The summed E-state index contributed by atoms with van der Waals surface area (Å²) in [4.78, 5) is 0. The van der Waals surface area contributed by atoms with Crippen LogP contribution in [-0.4, -0.2) is 13.1 Å². The Balaban J connectivity index is 1.51. The Labute approximate surface area is 104 Å². The van der Waals surface area contributed by atoms with Crippen LogP contribution in [-0.2, 0) is 13.0 Å². The summed E-state index contributed by atoms with van der Waals surface area (Å²) in [5.74, 6) is 1.04. The molecule has 1 aromatic rings. The quantitative estimate of drug-likeness (QED) is 0.760. The Hall–Kier alpha value is -1.02. The number of rotatable bonds is 5. The molecule has 0 unspecified atom stereocenters. The first-order chi connectivity index (χ1) is 8.42. The number of aryl methyl sites for hydroxylation is 1. The molecular formula is C15H22N2. The van der Waals surface area contributed by atoms with Crippen LogP contribution in [0, 0.1) is 5.92 Å². The maximum Gasteiger partial charge on any atom is 0.0372 e. The van der Waals surface area contributed by atoms with Gasteiger partial charge in [0.2, 0.25) is 0 Å². The standard InChI is InChI=1S/C15H22N2/c1-2-14-10-13(5-6-15(14)17-8-1)11-16-9-7-12-3-4-12/h5-6,10,12,16-17H,1-4,7-9,11H2. The van der Waals surface area contributed by atoms with Crippen molar-refractivity contribution in [3.63, 3.8) is 0 Å². The van der Waals surface area contributed by atoms with Crippen molar-refractivity contribution in [1.29, 1.82) is 0 Å². The SMILES string of the molecule is c1cc2c(cc1CNCCC1CC1)CCCN2. The molecule has 2 N–H and O–H groups in total. The molecule has 1 heterocycles. The third-order valence-corrected chi connectivity index (χ3v) is 3.86. The summed E-state index contributed by atoms with van der Waals surface area (Å²) >= 11 is 0. The Morgan fingerprint density at radius 2 is 2.24 bits per heavy atom. The minimum absolute atomic E-state index is 1.03. The van der Waals surface area contributed by atoms with Crippen LogP contribution in [0.1, 0.15) is 36.8 Å². The predicted octanol–water partition coefficient (Wildman–Crippen LogP) is 2.93. The number of hydrogen-bond acceptors (Lipinski definition) is 2. The molecule has 0 atom stereocenters. The Morgan fingerprint density at radius 3 is 3.12 bits per heavy atom. The smallest absolute Gasteiger partial charge is 0.0372 e. The van der Waals surface area contributed by atoms with Gasteiger partial charge in [-0.15, -0.1) is 0 Å². The molecule has 1 aromatic carbocycles.